The third kappa shape index (κ3) is 2.78. The van der Waals surface area contributed by atoms with Crippen LogP contribution in [0.15, 0.2) is 12.4 Å². The maximum absolute atomic E-state index is 11.4. The Morgan fingerprint density at radius 1 is 1.47 bits per heavy atom. The Hall–Kier alpha value is -1.08. The third-order valence-corrected chi connectivity index (χ3v) is 3.99. The van der Waals surface area contributed by atoms with E-state index in [-0.39, 0.29) is 6.04 Å². The molecule has 1 fully saturated rings. The van der Waals surface area contributed by atoms with Gasteiger partial charge in [0.05, 0.1) is 17.9 Å². The standard InChI is InChI=1S/C10H18N4O2S/c1-12-5-3-4-9(7-12)14(17(15)16)10-6-11-13(2)8-10/h6,8-9,17H,3-5,7H2,1-2H3. The summed E-state index contributed by atoms with van der Waals surface area (Å²) in [6.45, 7) is 1.81. The second kappa shape index (κ2) is 5.05. The molecular formula is C10H18N4O2S. The monoisotopic (exact) mass is 258 g/mol. The first-order chi connectivity index (χ1) is 8.08. The summed E-state index contributed by atoms with van der Waals surface area (Å²) in [6, 6.07) is 0.0269. The number of aromatic nitrogens is 2. The number of thiol groups is 1. The summed E-state index contributed by atoms with van der Waals surface area (Å²) in [6.07, 6.45) is 5.27. The molecule has 0 bridgehead atoms. The van der Waals surface area contributed by atoms with Gasteiger partial charge in [0, 0.05) is 19.8 Å². The molecule has 0 spiro atoms. The Morgan fingerprint density at radius 2 is 2.24 bits per heavy atom. The largest absolute Gasteiger partial charge is 0.304 e. The second-order valence-electron chi connectivity index (χ2n) is 4.51. The van der Waals surface area contributed by atoms with E-state index in [1.165, 1.54) is 4.31 Å². The van der Waals surface area contributed by atoms with E-state index in [1.54, 1.807) is 24.1 Å². The minimum Gasteiger partial charge on any atom is -0.304 e. The number of anilines is 1. The van der Waals surface area contributed by atoms with Crippen molar-refractivity contribution in [2.24, 2.45) is 7.05 Å². The highest BCUT2D eigenvalue weighted by Crippen LogP contribution is 2.21. The second-order valence-corrected chi connectivity index (χ2v) is 5.42. The van der Waals surface area contributed by atoms with Gasteiger partial charge in [-0.25, -0.2) is 8.42 Å². The zero-order chi connectivity index (χ0) is 12.4. The fourth-order valence-electron chi connectivity index (χ4n) is 2.30. The van der Waals surface area contributed by atoms with Crippen molar-refractivity contribution in [3.8, 4) is 0 Å². The van der Waals surface area contributed by atoms with Crippen molar-refractivity contribution in [2.45, 2.75) is 18.9 Å². The Morgan fingerprint density at radius 3 is 2.76 bits per heavy atom. The quantitative estimate of drug-likeness (QED) is 0.766. The van der Waals surface area contributed by atoms with E-state index in [4.69, 9.17) is 0 Å². The SMILES string of the molecule is CN1CCCC(N(c2cnn(C)c2)[SH](=O)=O)C1. The van der Waals surface area contributed by atoms with Crippen LogP contribution in [0, 0.1) is 0 Å². The van der Waals surface area contributed by atoms with Gasteiger partial charge >= 0.3 is 0 Å². The Kier molecular flexibility index (Phi) is 3.68. The van der Waals surface area contributed by atoms with Crippen LogP contribution < -0.4 is 4.31 Å². The molecule has 6 nitrogen and oxygen atoms in total. The fourth-order valence-corrected chi connectivity index (χ4v) is 3.05. The molecule has 0 N–H and O–H groups in total. The Balaban J connectivity index is 2.23. The summed E-state index contributed by atoms with van der Waals surface area (Å²) >= 11 is 0. The van der Waals surface area contributed by atoms with Crippen LogP contribution in [0.5, 0.6) is 0 Å². The normalized spacial score (nSPS) is 21.9. The lowest BCUT2D eigenvalue weighted by molar-refractivity contribution is 0.253. The number of piperidine rings is 1. The van der Waals surface area contributed by atoms with Crippen LogP contribution >= 0.6 is 0 Å². The van der Waals surface area contributed by atoms with E-state index >= 15 is 0 Å². The Bertz CT molecular complexity index is 449. The Labute approximate surface area is 103 Å². The van der Waals surface area contributed by atoms with Crippen molar-refractivity contribution in [1.29, 1.82) is 0 Å². The number of hydrogen-bond acceptors (Lipinski definition) is 4. The van der Waals surface area contributed by atoms with Crippen molar-refractivity contribution in [3.05, 3.63) is 12.4 Å². The van der Waals surface area contributed by atoms with Crippen LogP contribution in [-0.4, -0.2) is 49.3 Å². The number of aryl methyl sites for hydroxylation is 1. The van der Waals surface area contributed by atoms with Crippen molar-refractivity contribution in [3.63, 3.8) is 0 Å². The molecule has 1 aromatic heterocycles. The molecule has 7 heteroatoms. The molecule has 2 rings (SSSR count). The van der Waals surface area contributed by atoms with Gasteiger partial charge in [-0.2, -0.15) is 5.10 Å². The molecule has 0 radical (unpaired) electrons. The number of likely N-dealkylation sites (N-methyl/N-ethyl adjacent to an activating group) is 1. The van der Waals surface area contributed by atoms with Crippen LogP contribution in [0.1, 0.15) is 12.8 Å². The average Bonchev–Trinajstić information content (AvgIpc) is 2.64. The zero-order valence-electron chi connectivity index (χ0n) is 10.1. The highest BCUT2D eigenvalue weighted by molar-refractivity contribution is 7.74. The number of likely N-dealkylation sites (tertiary alicyclic amines) is 1. The topological polar surface area (TPSA) is 58.4 Å². The predicted octanol–water partition coefficient (Wildman–Crippen LogP) is -0.153. The van der Waals surface area contributed by atoms with Crippen molar-refractivity contribution < 1.29 is 8.42 Å². The predicted molar refractivity (Wildman–Crippen MR) is 66.5 cm³/mol. The first-order valence-electron chi connectivity index (χ1n) is 5.68. The minimum atomic E-state index is -2.62. The van der Waals surface area contributed by atoms with Gasteiger partial charge < -0.3 is 4.90 Å². The van der Waals surface area contributed by atoms with Crippen molar-refractivity contribution in [2.75, 3.05) is 24.4 Å². The number of hydrogen-bond donors (Lipinski definition) is 1. The average molecular weight is 258 g/mol. The smallest absolute Gasteiger partial charge is 0.225 e. The zero-order valence-corrected chi connectivity index (χ0v) is 11.0. The molecule has 1 atom stereocenters. The van der Waals surface area contributed by atoms with E-state index in [0.717, 1.165) is 25.9 Å². The first-order valence-corrected chi connectivity index (χ1v) is 6.81. The highest BCUT2D eigenvalue weighted by atomic mass is 32.2. The molecule has 0 aromatic carbocycles. The fraction of sp³-hybridized carbons (Fsp3) is 0.700. The summed E-state index contributed by atoms with van der Waals surface area (Å²) in [7, 11) is 1.19. The van der Waals surface area contributed by atoms with Crippen LogP contribution in [0.4, 0.5) is 5.69 Å². The van der Waals surface area contributed by atoms with Crippen molar-refractivity contribution >= 4 is 16.6 Å². The van der Waals surface area contributed by atoms with Crippen LogP contribution in [-0.2, 0) is 17.9 Å². The van der Waals surface area contributed by atoms with Gasteiger partial charge in [0.1, 0.15) is 0 Å². The molecule has 1 saturated heterocycles. The lowest BCUT2D eigenvalue weighted by Gasteiger charge is -2.34. The lowest BCUT2D eigenvalue weighted by Crippen LogP contribution is -2.46. The maximum atomic E-state index is 11.4. The van der Waals surface area contributed by atoms with Gasteiger partial charge in [0.15, 0.2) is 0 Å². The molecule has 1 aromatic rings. The van der Waals surface area contributed by atoms with Gasteiger partial charge in [-0.15, -0.1) is 0 Å². The molecule has 0 aliphatic carbocycles. The summed E-state index contributed by atoms with van der Waals surface area (Å²) < 4.78 is 25.9. The van der Waals surface area contributed by atoms with E-state index in [2.05, 4.69) is 10.00 Å². The molecule has 0 saturated carbocycles. The van der Waals surface area contributed by atoms with E-state index in [1.807, 2.05) is 7.05 Å². The van der Waals surface area contributed by atoms with Crippen LogP contribution in [0.3, 0.4) is 0 Å². The van der Waals surface area contributed by atoms with Crippen LogP contribution in [0.2, 0.25) is 0 Å². The molecule has 1 aliphatic heterocycles. The summed E-state index contributed by atoms with van der Waals surface area (Å²) in [5.41, 5.74) is 0.656. The summed E-state index contributed by atoms with van der Waals surface area (Å²) in [4.78, 5) is 2.16. The molecule has 0 amide bonds. The van der Waals surface area contributed by atoms with E-state index in [9.17, 15) is 8.42 Å². The van der Waals surface area contributed by atoms with Gasteiger partial charge in [-0.1, -0.05) is 0 Å². The molecule has 17 heavy (non-hydrogen) atoms. The number of rotatable bonds is 3. The van der Waals surface area contributed by atoms with E-state index < -0.39 is 10.9 Å². The highest BCUT2D eigenvalue weighted by Gasteiger charge is 2.26. The first kappa shape index (κ1) is 12.4. The van der Waals surface area contributed by atoms with Gasteiger partial charge in [-0.3, -0.25) is 8.99 Å². The van der Waals surface area contributed by atoms with Gasteiger partial charge in [0.25, 0.3) is 0 Å². The number of nitrogens with zero attached hydrogens (tertiary/aromatic N) is 4. The minimum absolute atomic E-state index is 0.0269. The van der Waals surface area contributed by atoms with Crippen molar-refractivity contribution in [1.82, 2.24) is 14.7 Å². The third-order valence-electron chi connectivity index (χ3n) is 3.08. The molecule has 1 unspecified atom stereocenters. The molecular weight excluding hydrogens is 240 g/mol. The molecule has 1 aliphatic rings. The summed E-state index contributed by atoms with van der Waals surface area (Å²) in [5, 5.41) is 4.03. The van der Waals surface area contributed by atoms with Gasteiger partial charge in [-0.05, 0) is 26.4 Å². The maximum Gasteiger partial charge on any atom is 0.225 e. The summed E-state index contributed by atoms with van der Waals surface area (Å²) in [5.74, 6) is 0. The van der Waals surface area contributed by atoms with E-state index in [0.29, 0.717) is 5.69 Å². The molecule has 2 heterocycles. The van der Waals surface area contributed by atoms with Crippen LogP contribution in [0.25, 0.3) is 0 Å². The van der Waals surface area contributed by atoms with Gasteiger partial charge in [0.2, 0.25) is 10.9 Å². The molecule has 96 valence electrons. The lowest BCUT2D eigenvalue weighted by atomic mass is 10.1.